The first-order chi connectivity index (χ1) is 22.7. The highest BCUT2D eigenvalue weighted by Crippen LogP contribution is 2.48. The van der Waals surface area contributed by atoms with Crippen molar-refractivity contribution in [2.45, 2.75) is 89.4 Å². The molecule has 0 fully saturated rings. The van der Waals surface area contributed by atoms with Gasteiger partial charge in [-0.25, -0.2) is 0 Å². The summed E-state index contributed by atoms with van der Waals surface area (Å²) in [6, 6.07) is 26.4. The lowest BCUT2D eigenvalue weighted by Gasteiger charge is -2.27. The van der Waals surface area contributed by atoms with Gasteiger partial charge >= 0.3 is 0 Å². The maximum absolute atomic E-state index is 5.48. The third-order valence-electron chi connectivity index (χ3n) is 10.1. The molecule has 4 heteroatoms. The van der Waals surface area contributed by atoms with Gasteiger partial charge in [0.1, 0.15) is 12.3 Å². The zero-order valence-electron chi connectivity index (χ0n) is 29.4. The summed E-state index contributed by atoms with van der Waals surface area (Å²) in [5.74, 6) is 0.891. The van der Waals surface area contributed by atoms with E-state index in [1.165, 1.54) is 54.9 Å². The van der Waals surface area contributed by atoms with E-state index in [-0.39, 0.29) is 10.8 Å². The SMILES string of the molecule is CCCN1/C(=C/C=C2\CCCC(/C=C/C3=[N+](CCC)c4ccccc4C3(C)C)=C2Sc2ccc(OC)cc2)C(C)(C)c2ccccc21. The van der Waals surface area contributed by atoms with E-state index in [2.05, 4.69) is 148 Å². The molecule has 0 atom stereocenters. The first-order valence-corrected chi connectivity index (χ1v) is 18.3. The second-order valence-corrected chi connectivity index (χ2v) is 15.1. The molecule has 2 heterocycles. The molecular formula is C43H51N2OS+. The second-order valence-electron chi connectivity index (χ2n) is 14.0. The van der Waals surface area contributed by atoms with Crippen LogP contribution in [0, 0.1) is 0 Å². The van der Waals surface area contributed by atoms with E-state index in [9.17, 15) is 0 Å². The summed E-state index contributed by atoms with van der Waals surface area (Å²) < 4.78 is 8.03. The Balaban J connectivity index is 1.44. The molecule has 3 aliphatic rings. The summed E-state index contributed by atoms with van der Waals surface area (Å²) in [4.78, 5) is 5.18. The number of thioether (sulfide) groups is 1. The lowest BCUT2D eigenvalue weighted by atomic mass is 9.81. The number of hydrogen-bond donors (Lipinski definition) is 0. The summed E-state index contributed by atoms with van der Waals surface area (Å²) in [5.41, 5.74) is 11.1. The lowest BCUT2D eigenvalue weighted by molar-refractivity contribution is -0.437. The maximum Gasteiger partial charge on any atom is 0.209 e. The van der Waals surface area contributed by atoms with Crippen LogP contribution in [0.15, 0.2) is 124 Å². The van der Waals surface area contributed by atoms with Gasteiger partial charge in [0, 0.05) is 57.3 Å². The largest absolute Gasteiger partial charge is 0.497 e. The van der Waals surface area contributed by atoms with Gasteiger partial charge in [-0.2, -0.15) is 4.58 Å². The Morgan fingerprint density at radius 3 is 2.26 bits per heavy atom. The zero-order valence-corrected chi connectivity index (χ0v) is 30.2. The number of para-hydroxylation sites is 2. The number of benzene rings is 3. The van der Waals surface area contributed by atoms with Crippen LogP contribution in [-0.4, -0.2) is 30.5 Å². The van der Waals surface area contributed by atoms with Crippen molar-refractivity contribution in [3.05, 3.63) is 130 Å². The number of allylic oxidation sites excluding steroid dienone is 7. The van der Waals surface area contributed by atoms with Crippen LogP contribution in [0.25, 0.3) is 0 Å². The summed E-state index contributed by atoms with van der Waals surface area (Å²) in [6.45, 7) is 16.1. The highest BCUT2D eigenvalue weighted by Gasteiger charge is 2.44. The molecule has 0 saturated carbocycles. The van der Waals surface area contributed by atoms with E-state index in [0.29, 0.717) is 0 Å². The Morgan fingerprint density at radius 2 is 1.53 bits per heavy atom. The van der Waals surface area contributed by atoms with Crippen LogP contribution in [0.2, 0.25) is 0 Å². The molecule has 0 spiro atoms. The summed E-state index contributed by atoms with van der Waals surface area (Å²) in [5, 5.41) is 0. The maximum atomic E-state index is 5.48. The zero-order chi connectivity index (χ0) is 33.2. The molecule has 0 bridgehead atoms. The highest BCUT2D eigenvalue weighted by molar-refractivity contribution is 8.03. The number of ether oxygens (including phenoxy) is 1. The van der Waals surface area contributed by atoms with Gasteiger partial charge in [0.15, 0.2) is 5.71 Å². The summed E-state index contributed by atoms with van der Waals surface area (Å²) in [7, 11) is 1.73. The first kappa shape index (κ1) is 33.2. The Bertz CT molecular complexity index is 1780. The average Bonchev–Trinajstić information content (AvgIpc) is 3.42. The average molecular weight is 644 g/mol. The van der Waals surface area contributed by atoms with Gasteiger partial charge < -0.3 is 9.64 Å². The fourth-order valence-electron chi connectivity index (χ4n) is 7.68. The van der Waals surface area contributed by atoms with Gasteiger partial charge in [-0.05, 0) is 92.6 Å². The molecule has 0 radical (unpaired) electrons. The monoisotopic (exact) mass is 643 g/mol. The molecule has 0 unspecified atom stereocenters. The van der Waals surface area contributed by atoms with E-state index in [4.69, 9.17) is 4.74 Å². The van der Waals surface area contributed by atoms with Crippen molar-refractivity contribution in [2.75, 3.05) is 25.1 Å². The van der Waals surface area contributed by atoms with E-state index >= 15 is 0 Å². The molecule has 1 aliphatic carbocycles. The summed E-state index contributed by atoms with van der Waals surface area (Å²) in [6.07, 6.45) is 15.3. The predicted molar refractivity (Wildman–Crippen MR) is 202 cm³/mol. The summed E-state index contributed by atoms with van der Waals surface area (Å²) >= 11 is 1.90. The Kier molecular flexibility index (Phi) is 9.71. The quantitative estimate of drug-likeness (QED) is 0.204. The topological polar surface area (TPSA) is 15.5 Å². The van der Waals surface area contributed by atoms with Crippen LogP contribution in [0.3, 0.4) is 0 Å². The Labute approximate surface area is 287 Å². The molecule has 0 aromatic heterocycles. The van der Waals surface area contributed by atoms with Gasteiger partial charge in [-0.1, -0.05) is 88.0 Å². The number of anilines is 1. The van der Waals surface area contributed by atoms with Crippen LogP contribution in [-0.2, 0) is 10.8 Å². The van der Waals surface area contributed by atoms with Crippen LogP contribution in [0.5, 0.6) is 5.75 Å². The Morgan fingerprint density at radius 1 is 0.809 bits per heavy atom. The molecule has 3 aromatic carbocycles. The van der Waals surface area contributed by atoms with Crippen molar-refractivity contribution in [2.24, 2.45) is 0 Å². The first-order valence-electron chi connectivity index (χ1n) is 17.5. The molecule has 0 N–H and O–H groups in total. The van der Waals surface area contributed by atoms with Crippen molar-refractivity contribution >= 4 is 28.8 Å². The molecular weight excluding hydrogens is 593 g/mol. The van der Waals surface area contributed by atoms with Gasteiger partial charge in [-0.3, -0.25) is 0 Å². The smallest absolute Gasteiger partial charge is 0.209 e. The molecule has 3 aromatic rings. The minimum Gasteiger partial charge on any atom is -0.497 e. The minimum absolute atomic E-state index is 0.0460. The van der Waals surface area contributed by atoms with Crippen LogP contribution >= 0.6 is 11.8 Å². The van der Waals surface area contributed by atoms with Gasteiger partial charge in [0.25, 0.3) is 0 Å². The van der Waals surface area contributed by atoms with Crippen molar-refractivity contribution in [3.63, 3.8) is 0 Å². The van der Waals surface area contributed by atoms with E-state index in [0.717, 1.165) is 50.9 Å². The van der Waals surface area contributed by atoms with Gasteiger partial charge in [0.05, 0.1) is 12.5 Å². The van der Waals surface area contributed by atoms with Crippen LogP contribution < -0.4 is 9.64 Å². The lowest BCUT2D eigenvalue weighted by Crippen LogP contribution is -2.28. The van der Waals surface area contributed by atoms with E-state index in [1.807, 2.05) is 11.8 Å². The number of methoxy groups -OCH3 is 1. The minimum atomic E-state index is -0.0460. The molecule has 2 aliphatic heterocycles. The normalized spacial score (nSPS) is 20.1. The van der Waals surface area contributed by atoms with Gasteiger partial charge in [0.2, 0.25) is 5.69 Å². The third kappa shape index (κ3) is 6.29. The third-order valence-corrected chi connectivity index (χ3v) is 11.4. The van der Waals surface area contributed by atoms with Crippen LogP contribution in [0.4, 0.5) is 11.4 Å². The molecule has 0 amide bonds. The van der Waals surface area contributed by atoms with E-state index < -0.39 is 0 Å². The van der Waals surface area contributed by atoms with Crippen LogP contribution in [0.1, 0.15) is 84.8 Å². The molecule has 244 valence electrons. The highest BCUT2D eigenvalue weighted by atomic mass is 32.2. The number of hydrogen-bond acceptors (Lipinski definition) is 3. The number of nitrogens with zero attached hydrogens (tertiary/aromatic N) is 2. The molecule has 0 saturated heterocycles. The Hall–Kier alpha value is -3.76. The fraction of sp³-hybridized carbons (Fsp3) is 0.372. The van der Waals surface area contributed by atoms with Crippen molar-refractivity contribution in [3.8, 4) is 5.75 Å². The standard InChI is InChI=1S/C43H51N2OS/c1-8-29-44-37-19-12-10-17-35(37)42(3,4)39(44)27-21-31-15-14-16-32(41(31)47-34-25-23-33(46-7)24-26-34)22-28-40-43(5,6)36-18-11-13-20-38(36)45(40)30-9-2/h10-13,17-28H,8-9,14-16,29-30H2,1-7H3/q+1. The second kappa shape index (κ2) is 13.8. The molecule has 3 nitrogen and oxygen atoms in total. The van der Waals surface area contributed by atoms with Crippen molar-refractivity contribution in [1.29, 1.82) is 0 Å². The number of fused-ring (bicyclic) bond motifs is 2. The van der Waals surface area contributed by atoms with Crippen molar-refractivity contribution in [1.82, 2.24) is 0 Å². The number of rotatable bonds is 10. The molecule has 6 rings (SSSR count). The predicted octanol–water partition coefficient (Wildman–Crippen LogP) is 11.3. The van der Waals surface area contributed by atoms with Gasteiger partial charge in [-0.15, -0.1) is 0 Å². The van der Waals surface area contributed by atoms with E-state index in [1.54, 1.807) is 7.11 Å². The van der Waals surface area contributed by atoms with Crippen molar-refractivity contribution < 1.29 is 9.31 Å². The molecule has 47 heavy (non-hydrogen) atoms. The fourth-order valence-corrected chi connectivity index (χ4v) is 8.79.